The molecule has 1 aliphatic rings. The Balaban J connectivity index is 1.75. The van der Waals surface area contributed by atoms with E-state index in [1.807, 2.05) is 7.05 Å². The maximum absolute atomic E-state index is 5.59. The Morgan fingerprint density at radius 3 is 3.07 bits per heavy atom. The molecule has 2 rings (SSSR count). The molecule has 2 heterocycles. The van der Waals surface area contributed by atoms with Gasteiger partial charge in [-0.25, -0.2) is 0 Å². The molecule has 1 unspecified atom stereocenters. The fourth-order valence-electron chi connectivity index (χ4n) is 1.61. The Morgan fingerprint density at radius 1 is 1.60 bits per heavy atom. The number of anilines is 1. The first-order chi connectivity index (χ1) is 7.27. The second-order valence-electron chi connectivity index (χ2n) is 3.67. The zero-order valence-electron chi connectivity index (χ0n) is 8.85. The molecule has 84 valence electrons. The average Bonchev–Trinajstić information content (AvgIpc) is 2.83. The van der Waals surface area contributed by atoms with Crippen molar-refractivity contribution in [3.63, 3.8) is 0 Å². The zero-order valence-corrected chi connectivity index (χ0v) is 9.66. The highest BCUT2D eigenvalue weighted by Crippen LogP contribution is 2.22. The molecule has 1 aromatic heterocycles. The Bertz CT molecular complexity index is 322. The van der Waals surface area contributed by atoms with Gasteiger partial charge in [0.25, 0.3) is 0 Å². The normalized spacial score (nSPS) is 21.0. The monoisotopic (exact) mass is 228 g/mol. The maximum atomic E-state index is 5.59. The molecule has 5 nitrogen and oxygen atoms in total. The lowest BCUT2D eigenvalue weighted by atomic mass is 10.2. The first-order valence-electron chi connectivity index (χ1n) is 5.16. The molecule has 0 aromatic carbocycles. The molecular formula is C9H16N4OS. The molecule has 6 heteroatoms. The number of nitrogens with zero attached hydrogens (tertiary/aromatic N) is 3. The van der Waals surface area contributed by atoms with Gasteiger partial charge in [0.2, 0.25) is 5.95 Å². The van der Waals surface area contributed by atoms with Gasteiger partial charge in [0.1, 0.15) is 0 Å². The van der Waals surface area contributed by atoms with Crippen molar-refractivity contribution in [3.05, 3.63) is 0 Å². The molecule has 15 heavy (non-hydrogen) atoms. The third-order valence-corrected chi connectivity index (χ3v) is 3.62. The van der Waals surface area contributed by atoms with Gasteiger partial charge in [0.15, 0.2) is 5.16 Å². The number of ether oxygens (including phenoxy) is 1. The molecule has 0 spiro atoms. The largest absolute Gasteiger partial charge is 0.378 e. The highest BCUT2D eigenvalue weighted by atomic mass is 32.2. The first-order valence-corrected chi connectivity index (χ1v) is 6.15. The minimum absolute atomic E-state index is 0.447. The van der Waals surface area contributed by atoms with Crippen LogP contribution in [0, 0.1) is 0 Å². The number of thioether (sulfide) groups is 1. The Labute approximate surface area is 93.4 Å². The molecule has 0 saturated carbocycles. The molecule has 0 amide bonds. The molecule has 1 saturated heterocycles. The van der Waals surface area contributed by atoms with Gasteiger partial charge in [0.05, 0.1) is 6.10 Å². The summed E-state index contributed by atoms with van der Waals surface area (Å²) in [4.78, 5) is 0. The molecule has 0 aliphatic carbocycles. The van der Waals surface area contributed by atoms with Crippen LogP contribution in [0.15, 0.2) is 5.16 Å². The fraction of sp³-hybridized carbons (Fsp3) is 0.778. The van der Waals surface area contributed by atoms with E-state index in [0.717, 1.165) is 23.9 Å². The molecule has 1 aromatic rings. The van der Waals surface area contributed by atoms with Crippen LogP contribution in [-0.4, -0.2) is 33.2 Å². The molecule has 2 N–H and O–H groups in total. The molecule has 1 fully saturated rings. The van der Waals surface area contributed by atoms with Gasteiger partial charge < -0.3 is 10.5 Å². The summed E-state index contributed by atoms with van der Waals surface area (Å²) in [5.41, 5.74) is 5.59. The third-order valence-electron chi connectivity index (χ3n) is 2.56. The van der Waals surface area contributed by atoms with Crippen LogP contribution < -0.4 is 5.73 Å². The summed E-state index contributed by atoms with van der Waals surface area (Å²) in [5, 5.41) is 8.67. The van der Waals surface area contributed by atoms with Crippen LogP contribution in [0.4, 0.5) is 5.95 Å². The smallest absolute Gasteiger partial charge is 0.222 e. The molecular weight excluding hydrogens is 212 g/mol. The summed E-state index contributed by atoms with van der Waals surface area (Å²) in [5.74, 6) is 1.48. The van der Waals surface area contributed by atoms with Gasteiger partial charge >= 0.3 is 0 Å². The number of nitrogen functional groups attached to an aromatic ring is 1. The van der Waals surface area contributed by atoms with Gasteiger partial charge in [-0.05, 0) is 19.3 Å². The summed E-state index contributed by atoms with van der Waals surface area (Å²) in [6.45, 7) is 0.923. The minimum atomic E-state index is 0.447. The van der Waals surface area contributed by atoms with Crippen LogP contribution in [0.25, 0.3) is 0 Å². The minimum Gasteiger partial charge on any atom is -0.378 e. The van der Waals surface area contributed by atoms with Crippen LogP contribution in [0.1, 0.15) is 19.3 Å². The van der Waals surface area contributed by atoms with Crippen LogP contribution in [0.2, 0.25) is 0 Å². The van der Waals surface area contributed by atoms with Crippen molar-refractivity contribution in [1.82, 2.24) is 14.8 Å². The predicted octanol–water partition coefficient (Wildman–Crippen LogP) is 1.06. The number of nitrogens with two attached hydrogens (primary N) is 1. The van der Waals surface area contributed by atoms with Crippen molar-refractivity contribution in [2.45, 2.75) is 30.5 Å². The van der Waals surface area contributed by atoms with Crippen LogP contribution >= 0.6 is 11.8 Å². The summed E-state index contributed by atoms with van der Waals surface area (Å²) < 4.78 is 7.35. The highest BCUT2D eigenvalue weighted by molar-refractivity contribution is 7.99. The van der Waals surface area contributed by atoms with Gasteiger partial charge in [0, 0.05) is 19.4 Å². The quantitative estimate of drug-likeness (QED) is 0.780. The molecule has 1 atom stereocenters. The van der Waals surface area contributed by atoms with Gasteiger partial charge in [-0.2, -0.15) is 0 Å². The number of hydrogen-bond acceptors (Lipinski definition) is 5. The Hall–Kier alpha value is -0.750. The maximum Gasteiger partial charge on any atom is 0.222 e. The van der Waals surface area contributed by atoms with Gasteiger partial charge in [-0.3, -0.25) is 4.57 Å². The fourth-order valence-corrected chi connectivity index (χ4v) is 2.55. The van der Waals surface area contributed by atoms with E-state index >= 15 is 0 Å². The van der Waals surface area contributed by atoms with E-state index in [-0.39, 0.29) is 0 Å². The zero-order chi connectivity index (χ0) is 10.7. The second kappa shape index (κ2) is 4.85. The van der Waals surface area contributed by atoms with Crippen LogP contribution in [-0.2, 0) is 11.8 Å². The van der Waals surface area contributed by atoms with Crippen LogP contribution in [0.5, 0.6) is 0 Å². The van der Waals surface area contributed by atoms with Crippen molar-refractivity contribution in [2.75, 3.05) is 18.1 Å². The Kier molecular flexibility index (Phi) is 3.48. The van der Waals surface area contributed by atoms with E-state index in [2.05, 4.69) is 10.2 Å². The SMILES string of the molecule is Cn1c(N)nnc1SCCC1CCCO1. The first kappa shape index (κ1) is 10.8. The average molecular weight is 228 g/mol. The number of aromatic nitrogens is 3. The number of rotatable bonds is 4. The van der Waals surface area contributed by atoms with E-state index in [4.69, 9.17) is 10.5 Å². The lowest BCUT2D eigenvalue weighted by Crippen LogP contribution is -2.06. The van der Waals surface area contributed by atoms with Gasteiger partial charge in [-0.1, -0.05) is 11.8 Å². The highest BCUT2D eigenvalue weighted by Gasteiger charge is 2.15. The lowest BCUT2D eigenvalue weighted by Gasteiger charge is -2.07. The predicted molar refractivity (Wildman–Crippen MR) is 59.7 cm³/mol. The van der Waals surface area contributed by atoms with E-state index in [0.29, 0.717) is 12.1 Å². The molecule has 0 bridgehead atoms. The van der Waals surface area contributed by atoms with Crippen molar-refractivity contribution in [2.24, 2.45) is 7.05 Å². The molecule has 1 aliphatic heterocycles. The topological polar surface area (TPSA) is 66.0 Å². The summed E-state index contributed by atoms with van der Waals surface area (Å²) in [7, 11) is 1.88. The van der Waals surface area contributed by atoms with E-state index < -0.39 is 0 Å². The standard InChI is InChI=1S/C9H16N4OS/c1-13-8(10)11-12-9(13)15-6-4-7-3-2-5-14-7/h7H,2-6H2,1H3,(H2,10,11). The van der Waals surface area contributed by atoms with Gasteiger partial charge in [-0.15, -0.1) is 10.2 Å². The Morgan fingerprint density at radius 2 is 2.47 bits per heavy atom. The van der Waals surface area contributed by atoms with Crippen molar-refractivity contribution in [1.29, 1.82) is 0 Å². The lowest BCUT2D eigenvalue weighted by molar-refractivity contribution is 0.109. The summed E-state index contributed by atoms with van der Waals surface area (Å²) >= 11 is 1.68. The summed E-state index contributed by atoms with van der Waals surface area (Å²) in [6.07, 6.45) is 3.92. The van der Waals surface area contributed by atoms with Crippen molar-refractivity contribution in [3.8, 4) is 0 Å². The third kappa shape index (κ3) is 2.63. The van der Waals surface area contributed by atoms with Crippen molar-refractivity contribution < 1.29 is 4.74 Å². The second-order valence-corrected chi connectivity index (χ2v) is 4.73. The summed E-state index contributed by atoms with van der Waals surface area (Å²) in [6, 6.07) is 0. The van der Waals surface area contributed by atoms with E-state index in [9.17, 15) is 0 Å². The number of hydrogen-bond donors (Lipinski definition) is 1. The van der Waals surface area contributed by atoms with E-state index in [1.54, 1.807) is 16.3 Å². The molecule has 0 radical (unpaired) electrons. The van der Waals surface area contributed by atoms with Crippen molar-refractivity contribution >= 4 is 17.7 Å². The van der Waals surface area contributed by atoms with Crippen LogP contribution in [0.3, 0.4) is 0 Å². The van der Waals surface area contributed by atoms with E-state index in [1.165, 1.54) is 12.8 Å².